The van der Waals surface area contributed by atoms with E-state index in [-0.39, 0.29) is 5.69 Å². The summed E-state index contributed by atoms with van der Waals surface area (Å²) in [7, 11) is 0. The van der Waals surface area contributed by atoms with Gasteiger partial charge < -0.3 is 4.74 Å². The molecule has 0 saturated heterocycles. The molecule has 1 heterocycles. The van der Waals surface area contributed by atoms with Crippen molar-refractivity contribution >= 4 is 11.8 Å². The molecule has 0 aliphatic carbocycles. The lowest BCUT2D eigenvalue weighted by Gasteiger charge is -1.96. The van der Waals surface area contributed by atoms with Crippen LogP contribution in [0, 0.1) is 10.1 Å². The number of aromatic nitrogens is 1. The summed E-state index contributed by atoms with van der Waals surface area (Å²) < 4.78 is 4.95. The molecule has 5 heteroatoms. The SMILES string of the molecule is CCO/C=C/c1ccncc1[N+](=O)[O-]. The summed E-state index contributed by atoms with van der Waals surface area (Å²) in [6.45, 7) is 2.38. The van der Waals surface area contributed by atoms with Crippen molar-refractivity contribution in [2.75, 3.05) is 6.61 Å². The summed E-state index contributed by atoms with van der Waals surface area (Å²) in [4.78, 5) is 13.8. The molecule has 0 fully saturated rings. The number of nitrogens with zero attached hydrogens (tertiary/aromatic N) is 2. The van der Waals surface area contributed by atoms with Gasteiger partial charge in [-0.15, -0.1) is 0 Å². The highest BCUT2D eigenvalue weighted by molar-refractivity contribution is 5.58. The van der Waals surface area contributed by atoms with Crippen LogP contribution in [0.3, 0.4) is 0 Å². The van der Waals surface area contributed by atoms with E-state index in [1.165, 1.54) is 18.7 Å². The highest BCUT2D eigenvalue weighted by Crippen LogP contribution is 2.17. The van der Waals surface area contributed by atoms with E-state index in [1.54, 1.807) is 12.1 Å². The largest absolute Gasteiger partial charge is 0.501 e. The van der Waals surface area contributed by atoms with Gasteiger partial charge in [-0.1, -0.05) is 0 Å². The highest BCUT2D eigenvalue weighted by atomic mass is 16.6. The Bertz CT molecular complexity index is 350. The lowest BCUT2D eigenvalue weighted by atomic mass is 10.2. The minimum atomic E-state index is -0.474. The first kappa shape index (κ1) is 10.2. The minimum absolute atomic E-state index is 0.0246. The maximum absolute atomic E-state index is 10.5. The van der Waals surface area contributed by atoms with E-state index in [2.05, 4.69) is 4.98 Å². The molecule has 1 aromatic heterocycles. The van der Waals surface area contributed by atoms with Crippen molar-refractivity contribution in [3.05, 3.63) is 40.4 Å². The monoisotopic (exact) mass is 194 g/mol. The normalized spacial score (nSPS) is 10.4. The third-order valence-electron chi connectivity index (χ3n) is 1.54. The number of nitro groups is 1. The molecular weight excluding hydrogens is 184 g/mol. The molecule has 14 heavy (non-hydrogen) atoms. The van der Waals surface area contributed by atoms with Crippen molar-refractivity contribution in [2.24, 2.45) is 0 Å². The van der Waals surface area contributed by atoms with E-state index in [9.17, 15) is 10.1 Å². The van der Waals surface area contributed by atoms with Crippen LogP contribution in [0.4, 0.5) is 5.69 Å². The van der Waals surface area contributed by atoms with Crippen LogP contribution in [0.2, 0.25) is 0 Å². The number of pyridine rings is 1. The minimum Gasteiger partial charge on any atom is -0.501 e. The van der Waals surface area contributed by atoms with Crippen LogP contribution in [-0.2, 0) is 4.74 Å². The van der Waals surface area contributed by atoms with Gasteiger partial charge >= 0.3 is 0 Å². The zero-order chi connectivity index (χ0) is 10.4. The fraction of sp³-hybridized carbons (Fsp3) is 0.222. The van der Waals surface area contributed by atoms with Crippen LogP contribution >= 0.6 is 0 Å². The molecule has 0 amide bonds. The Morgan fingerprint density at radius 2 is 2.50 bits per heavy atom. The summed E-state index contributed by atoms with van der Waals surface area (Å²) >= 11 is 0. The summed E-state index contributed by atoms with van der Waals surface area (Å²) in [5.41, 5.74) is 0.460. The Hall–Kier alpha value is -1.91. The van der Waals surface area contributed by atoms with Crippen molar-refractivity contribution in [1.29, 1.82) is 0 Å². The smallest absolute Gasteiger partial charge is 0.294 e. The molecule has 0 aromatic carbocycles. The molecule has 0 radical (unpaired) electrons. The van der Waals surface area contributed by atoms with Crippen molar-refractivity contribution in [3.63, 3.8) is 0 Å². The summed E-state index contributed by atoms with van der Waals surface area (Å²) in [5.74, 6) is 0. The maximum atomic E-state index is 10.5. The van der Waals surface area contributed by atoms with E-state index < -0.39 is 4.92 Å². The van der Waals surface area contributed by atoms with E-state index in [0.717, 1.165) is 0 Å². The molecule has 0 bridgehead atoms. The molecular formula is C9H10N2O3. The summed E-state index contributed by atoms with van der Waals surface area (Å²) in [6.07, 6.45) is 5.69. The number of ether oxygens (including phenoxy) is 1. The van der Waals surface area contributed by atoms with Gasteiger partial charge in [0.15, 0.2) is 0 Å². The quantitative estimate of drug-likeness (QED) is 0.417. The topological polar surface area (TPSA) is 65.3 Å². The standard InChI is InChI=1S/C9H10N2O3/c1-2-14-6-4-8-3-5-10-7-9(8)11(12)13/h3-7H,2H2,1H3/b6-4+. The summed E-state index contributed by atoms with van der Waals surface area (Å²) in [6, 6.07) is 1.56. The average molecular weight is 194 g/mol. The van der Waals surface area contributed by atoms with Gasteiger partial charge in [0.1, 0.15) is 6.20 Å². The number of hydrogen-bond donors (Lipinski definition) is 0. The molecule has 74 valence electrons. The van der Waals surface area contributed by atoms with Crippen molar-refractivity contribution in [2.45, 2.75) is 6.92 Å². The molecule has 0 N–H and O–H groups in total. The van der Waals surface area contributed by atoms with Crippen molar-refractivity contribution in [1.82, 2.24) is 4.98 Å². The van der Waals surface area contributed by atoms with Gasteiger partial charge in [0.05, 0.1) is 23.4 Å². The predicted octanol–water partition coefficient (Wildman–Crippen LogP) is 2.00. The molecule has 0 spiro atoms. The Morgan fingerprint density at radius 1 is 1.71 bits per heavy atom. The van der Waals surface area contributed by atoms with E-state index in [0.29, 0.717) is 12.2 Å². The number of rotatable bonds is 4. The first-order chi connectivity index (χ1) is 6.75. The second-order valence-electron chi connectivity index (χ2n) is 2.45. The van der Waals surface area contributed by atoms with Gasteiger partial charge in [0.25, 0.3) is 5.69 Å². The molecule has 0 aliphatic heterocycles. The molecule has 5 nitrogen and oxygen atoms in total. The van der Waals surface area contributed by atoms with Crippen LogP contribution in [-0.4, -0.2) is 16.5 Å². The van der Waals surface area contributed by atoms with Gasteiger partial charge in [0, 0.05) is 6.20 Å². The van der Waals surface area contributed by atoms with Gasteiger partial charge in [-0.2, -0.15) is 0 Å². The lowest BCUT2D eigenvalue weighted by Crippen LogP contribution is -1.92. The Kier molecular flexibility index (Phi) is 3.60. The van der Waals surface area contributed by atoms with Crippen LogP contribution in [0.25, 0.3) is 6.08 Å². The third-order valence-corrected chi connectivity index (χ3v) is 1.54. The second-order valence-corrected chi connectivity index (χ2v) is 2.45. The Balaban J connectivity index is 2.90. The van der Waals surface area contributed by atoms with Crippen molar-refractivity contribution < 1.29 is 9.66 Å². The van der Waals surface area contributed by atoms with Crippen LogP contribution < -0.4 is 0 Å². The molecule has 0 saturated carbocycles. The van der Waals surface area contributed by atoms with Gasteiger partial charge in [0.2, 0.25) is 0 Å². The van der Waals surface area contributed by atoms with Crippen LogP contribution in [0.1, 0.15) is 12.5 Å². The fourth-order valence-electron chi connectivity index (χ4n) is 0.908. The van der Waals surface area contributed by atoms with E-state index in [1.807, 2.05) is 6.92 Å². The molecule has 0 unspecified atom stereocenters. The molecule has 1 rings (SSSR count). The van der Waals surface area contributed by atoms with Gasteiger partial charge in [-0.25, -0.2) is 0 Å². The van der Waals surface area contributed by atoms with E-state index >= 15 is 0 Å². The lowest BCUT2D eigenvalue weighted by molar-refractivity contribution is -0.385. The van der Waals surface area contributed by atoms with Crippen molar-refractivity contribution in [3.8, 4) is 0 Å². The van der Waals surface area contributed by atoms with Crippen LogP contribution in [0.15, 0.2) is 24.7 Å². The van der Waals surface area contributed by atoms with E-state index in [4.69, 9.17) is 4.74 Å². The first-order valence-electron chi connectivity index (χ1n) is 4.12. The molecule has 1 aromatic rings. The van der Waals surface area contributed by atoms with Gasteiger partial charge in [-0.05, 0) is 19.1 Å². The Labute approximate surface area is 81.2 Å². The molecule has 0 aliphatic rings. The number of hydrogen-bond acceptors (Lipinski definition) is 4. The Morgan fingerprint density at radius 3 is 3.14 bits per heavy atom. The van der Waals surface area contributed by atoms with Gasteiger partial charge in [-0.3, -0.25) is 15.1 Å². The fourth-order valence-corrected chi connectivity index (χ4v) is 0.908. The maximum Gasteiger partial charge on any atom is 0.294 e. The molecule has 0 atom stereocenters. The third kappa shape index (κ3) is 2.55. The highest BCUT2D eigenvalue weighted by Gasteiger charge is 2.09. The second kappa shape index (κ2) is 4.96. The average Bonchev–Trinajstić information content (AvgIpc) is 2.19. The summed E-state index contributed by atoms with van der Waals surface area (Å²) in [5, 5.41) is 10.5. The first-order valence-corrected chi connectivity index (χ1v) is 4.12. The zero-order valence-electron chi connectivity index (χ0n) is 7.71. The zero-order valence-corrected chi connectivity index (χ0v) is 7.71. The predicted molar refractivity (Wildman–Crippen MR) is 51.6 cm³/mol. The van der Waals surface area contributed by atoms with Crippen LogP contribution in [0.5, 0.6) is 0 Å².